The molecule has 11 heavy (non-hydrogen) atoms. The summed E-state index contributed by atoms with van der Waals surface area (Å²) >= 11 is 1.22. The molecule has 0 amide bonds. The Kier molecular flexibility index (Phi) is 2.14. The zero-order valence-electron chi connectivity index (χ0n) is 6.25. The van der Waals surface area contributed by atoms with Crippen molar-refractivity contribution in [3.63, 3.8) is 0 Å². The topological polar surface area (TPSA) is 46.5 Å². The smallest absolute Gasteiger partial charge is 0.349 e. The second-order valence-electron chi connectivity index (χ2n) is 2.06. The number of hydrogen-bond donors (Lipinski definition) is 1. The van der Waals surface area contributed by atoms with Crippen LogP contribution in [-0.2, 0) is 0 Å². The number of carbonyl (C=O) groups is 1. The molecule has 0 unspecified atom stereocenters. The van der Waals surface area contributed by atoms with Crippen LogP contribution < -0.4 is 4.74 Å². The highest BCUT2D eigenvalue weighted by Crippen LogP contribution is 2.28. The molecule has 1 aromatic heterocycles. The summed E-state index contributed by atoms with van der Waals surface area (Å²) in [5.41, 5.74) is 0. The predicted molar refractivity (Wildman–Crippen MR) is 42.6 cm³/mol. The second kappa shape index (κ2) is 2.92. The van der Waals surface area contributed by atoms with Crippen LogP contribution in [0.25, 0.3) is 0 Å². The molecule has 0 spiro atoms. The van der Waals surface area contributed by atoms with E-state index >= 15 is 0 Å². The third-order valence-electron chi connectivity index (χ3n) is 1.24. The van der Waals surface area contributed by atoms with Gasteiger partial charge in [-0.25, -0.2) is 4.79 Å². The second-order valence-corrected chi connectivity index (χ2v) is 3.32. The van der Waals surface area contributed by atoms with Crippen LogP contribution in [0.2, 0.25) is 0 Å². The third kappa shape index (κ3) is 1.51. The lowest BCUT2D eigenvalue weighted by Gasteiger charge is -1.94. The van der Waals surface area contributed by atoms with Crippen LogP contribution in [0.4, 0.5) is 0 Å². The van der Waals surface area contributed by atoms with Crippen molar-refractivity contribution in [2.24, 2.45) is 0 Å². The molecular formula is C7H8O3S. The van der Waals surface area contributed by atoms with Gasteiger partial charge in [0.05, 0.1) is 7.11 Å². The monoisotopic (exact) mass is 172 g/mol. The number of hydrogen-bond acceptors (Lipinski definition) is 3. The summed E-state index contributed by atoms with van der Waals surface area (Å²) in [4.78, 5) is 11.7. The van der Waals surface area contributed by atoms with E-state index in [1.807, 2.05) is 6.92 Å². The molecule has 0 bridgehead atoms. The minimum Gasteiger partial charge on any atom is -0.495 e. The van der Waals surface area contributed by atoms with Gasteiger partial charge >= 0.3 is 5.97 Å². The number of carboxylic acid groups (broad SMARTS) is 1. The van der Waals surface area contributed by atoms with Gasteiger partial charge in [0.2, 0.25) is 0 Å². The number of carboxylic acids is 1. The molecule has 0 aliphatic rings. The molecule has 1 N–H and O–H groups in total. The molecule has 1 aromatic rings. The summed E-state index contributed by atoms with van der Waals surface area (Å²) in [7, 11) is 1.47. The molecule has 0 aliphatic carbocycles. The number of aromatic carboxylic acids is 1. The number of methoxy groups -OCH3 is 1. The van der Waals surface area contributed by atoms with E-state index in [4.69, 9.17) is 9.84 Å². The van der Waals surface area contributed by atoms with Crippen LogP contribution in [0.15, 0.2) is 6.07 Å². The van der Waals surface area contributed by atoms with Crippen LogP contribution in [0, 0.1) is 6.92 Å². The van der Waals surface area contributed by atoms with E-state index in [9.17, 15) is 4.79 Å². The molecule has 0 atom stereocenters. The lowest BCUT2D eigenvalue weighted by atomic mass is 10.4. The first-order chi connectivity index (χ1) is 5.15. The van der Waals surface area contributed by atoms with Crippen molar-refractivity contribution in [1.29, 1.82) is 0 Å². The largest absolute Gasteiger partial charge is 0.495 e. The number of ether oxygens (including phenoxy) is 1. The molecule has 4 heteroatoms. The average Bonchev–Trinajstić information content (AvgIpc) is 2.30. The maximum atomic E-state index is 10.5. The van der Waals surface area contributed by atoms with Crippen molar-refractivity contribution in [2.75, 3.05) is 7.11 Å². The minimum atomic E-state index is -0.931. The summed E-state index contributed by atoms with van der Waals surface area (Å²) in [6.07, 6.45) is 0. The van der Waals surface area contributed by atoms with Gasteiger partial charge in [0.1, 0.15) is 5.75 Å². The van der Waals surface area contributed by atoms with Gasteiger partial charge in [0, 0.05) is 4.88 Å². The first kappa shape index (κ1) is 8.07. The summed E-state index contributed by atoms with van der Waals surface area (Å²) in [5.74, 6) is -0.486. The quantitative estimate of drug-likeness (QED) is 0.739. The van der Waals surface area contributed by atoms with Gasteiger partial charge in [-0.05, 0) is 13.0 Å². The molecule has 0 saturated carbocycles. The Hall–Kier alpha value is -1.03. The Balaban J connectivity index is 3.12. The zero-order chi connectivity index (χ0) is 8.43. The fourth-order valence-electron chi connectivity index (χ4n) is 0.792. The molecular weight excluding hydrogens is 164 g/mol. The van der Waals surface area contributed by atoms with Crippen molar-refractivity contribution < 1.29 is 14.6 Å². The van der Waals surface area contributed by atoms with Gasteiger partial charge in [-0.15, -0.1) is 11.3 Å². The van der Waals surface area contributed by atoms with Crippen molar-refractivity contribution in [3.05, 3.63) is 15.8 Å². The molecule has 0 radical (unpaired) electrons. The summed E-state index contributed by atoms with van der Waals surface area (Å²) in [6, 6.07) is 1.72. The molecule has 1 heterocycles. The van der Waals surface area contributed by atoms with E-state index in [0.29, 0.717) is 5.75 Å². The van der Waals surface area contributed by atoms with Gasteiger partial charge in [-0.2, -0.15) is 0 Å². The molecule has 0 aliphatic heterocycles. The Bertz CT molecular complexity index is 277. The Morgan fingerprint density at radius 2 is 2.36 bits per heavy atom. The SMILES string of the molecule is COc1cc(C)sc1C(=O)O. The van der Waals surface area contributed by atoms with Crippen molar-refractivity contribution in [2.45, 2.75) is 6.92 Å². The predicted octanol–water partition coefficient (Wildman–Crippen LogP) is 1.76. The standard InChI is InChI=1S/C7H8O3S/c1-4-3-5(10-2)6(11-4)7(8)9/h3H,1-2H3,(H,8,9). The molecule has 0 aromatic carbocycles. The highest BCUT2D eigenvalue weighted by atomic mass is 32.1. The Morgan fingerprint density at radius 1 is 1.73 bits per heavy atom. The third-order valence-corrected chi connectivity index (χ3v) is 2.26. The summed E-state index contributed by atoms with van der Waals surface area (Å²) < 4.78 is 4.86. The normalized spacial score (nSPS) is 9.64. The maximum absolute atomic E-state index is 10.5. The number of thiophene rings is 1. The van der Waals surface area contributed by atoms with Crippen LogP contribution in [0.3, 0.4) is 0 Å². The number of aryl methyl sites for hydroxylation is 1. The summed E-state index contributed by atoms with van der Waals surface area (Å²) in [6.45, 7) is 1.85. The van der Waals surface area contributed by atoms with Gasteiger partial charge in [-0.3, -0.25) is 0 Å². The van der Waals surface area contributed by atoms with E-state index in [1.165, 1.54) is 18.4 Å². The highest BCUT2D eigenvalue weighted by molar-refractivity contribution is 7.14. The zero-order valence-corrected chi connectivity index (χ0v) is 7.07. The van der Waals surface area contributed by atoms with E-state index in [0.717, 1.165) is 4.88 Å². The van der Waals surface area contributed by atoms with E-state index in [1.54, 1.807) is 6.07 Å². The van der Waals surface area contributed by atoms with Crippen LogP contribution >= 0.6 is 11.3 Å². The molecule has 3 nitrogen and oxygen atoms in total. The van der Waals surface area contributed by atoms with Crippen molar-refractivity contribution in [1.82, 2.24) is 0 Å². The first-order valence-electron chi connectivity index (χ1n) is 3.03. The van der Waals surface area contributed by atoms with Crippen molar-refractivity contribution >= 4 is 17.3 Å². The van der Waals surface area contributed by atoms with Crippen LogP contribution in [-0.4, -0.2) is 18.2 Å². The van der Waals surface area contributed by atoms with Gasteiger partial charge in [0.15, 0.2) is 4.88 Å². The first-order valence-corrected chi connectivity index (χ1v) is 3.84. The lowest BCUT2D eigenvalue weighted by Crippen LogP contribution is -1.94. The fraction of sp³-hybridized carbons (Fsp3) is 0.286. The maximum Gasteiger partial charge on any atom is 0.349 e. The van der Waals surface area contributed by atoms with Gasteiger partial charge in [0.25, 0.3) is 0 Å². The Morgan fingerprint density at radius 3 is 2.73 bits per heavy atom. The van der Waals surface area contributed by atoms with Gasteiger partial charge in [-0.1, -0.05) is 0 Å². The fourth-order valence-corrected chi connectivity index (χ4v) is 1.61. The minimum absolute atomic E-state index is 0.269. The molecule has 0 fully saturated rings. The van der Waals surface area contributed by atoms with E-state index in [2.05, 4.69) is 0 Å². The molecule has 60 valence electrons. The van der Waals surface area contributed by atoms with Gasteiger partial charge < -0.3 is 9.84 Å². The lowest BCUT2D eigenvalue weighted by molar-refractivity contribution is 0.0699. The summed E-state index contributed by atoms with van der Waals surface area (Å²) in [5, 5.41) is 8.64. The average molecular weight is 172 g/mol. The number of rotatable bonds is 2. The van der Waals surface area contributed by atoms with E-state index < -0.39 is 5.97 Å². The highest BCUT2D eigenvalue weighted by Gasteiger charge is 2.13. The van der Waals surface area contributed by atoms with Crippen molar-refractivity contribution in [3.8, 4) is 5.75 Å². The molecule has 1 rings (SSSR count). The van der Waals surface area contributed by atoms with E-state index in [-0.39, 0.29) is 4.88 Å². The van der Waals surface area contributed by atoms with Crippen LogP contribution in [0.1, 0.15) is 14.5 Å². The van der Waals surface area contributed by atoms with Crippen LogP contribution in [0.5, 0.6) is 5.75 Å². The Labute approximate surface area is 68.2 Å². The molecule has 0 saturated heterocycles.